The second-order valence-corrected chi connectivity index (χ2v) is 4.82. The highest BCUT2D eigenvalue weighted by Crippen LogP contribution is 2.11. The van der Waals surface area contributed by atoms with Gasteiger partial charge >= 0.3 is 0 Å². The van der Waals surface area contributed by atoms with Gasteiger partial charge in [0.05, 0.1) is 19.6 Å². The Bertz CT molecular complexity index is 524. The summed E-state index contributed by atoms with van der Waals surface area (Å²) < 4.78 is 0. The molecule has 0 bridgehead atoms. The van der Waals surface area contributed by atoms with Crippen LogP contribution in [0.2, 0.25) is 0 Å². The third kappa shape index (κ3) is 4.81. The summed E-state index contributed by atoms with van der Waals surface area (Å²) in [5.74, 6) is -1.40. The van der Waals surface area contributed by atoms with Crippen LogP contribution in [0.1, 0.15) is 21.5 Å². The van der Waals surface area contributed by atoms with Gasteiger partial charge in [0, 0.05) is 5.56 Å². The highest BCUT2D eigenvalue weighted by Gasteiger charge is 2.17. The number of Topliss-reactive ketones (excluding diaryl/α,β-unsaturated/α-hetero) is 1. The molecule has 0 radical (unpaired) electrons. The highest BCUT2D eigenvalue weighted by atomic mass is 16.2. The lowest BCUT2D eigenvalue weighted by atomic mass is 10.0. The Morgan fingerprint density at radius 1 is 1.00 bits per heavy atom. The molecule has 108 valence electrons. The van der Waals surface area contributed by atoms with Crippen LogP contribution in [0.5, 0.6) is 0 Å². The summed E-state index contributed by atoms with van der Waals surface area (Å²) in [7, 11) is 0. The normalized spacial score (nSPS) is 10.6. The second kappa shape index (κ2) is 6.81. The van der Waals surface area contributed by atoms with Gasteiger partial charge in [0.2, 0.25) is 11.8 Å². The topological polar surface area (TPSA) is 106 Å². The summed E-state index contributed by atoms with van der Waals surface area (Å²) in [6, 6.07) is 5.48. The Labute approximate surface area is 117 Å². The predicted octanol–water partition coefficient (Wildman–Crippen LogP) is -0.241. The molecule has 1 rings (SSSR count). The molecule has 0 saturated heterocycles. The molecule has 6 heteroatoms. The lowest BCUT2D eigenvalue weighted by molar-refractivity contribution is -0.121. The first-order chi connectivity index (χ1) is 9.29. The van der Waals surface area contributed by atoms with E-state index < -0.39 is 11.8 Å². The first kappa shape index (κ1) is 15.8. The molecule has 4 N–H and O–H groups in total. The molecule has 0 aliphatic heterocycles. The van der Waals surface area contributed by atoms with Crippen LogP contribution in [0.3, 0.4) is 0 Å². The first-order valence-corrected chi connectivity index (χ1v) is 6.19. The summed E-state index contributed by atoms with van der Waals surface area (Å²) in [4.78, 5) is 35.4. The molecule has 6 nitrogen and oxygen atoms in total. The Morgan fingerprint density at radius 3 is 2.00 bits per heavy atom. The summed E-state index contributed by atoms with van der Waals surface area (Å²) in [6.07, 6.45) is 0. The van der Waals surface area contributed by atoms with Crippen molar-refractivity contribution in [2.24, 2.45) is 11.5 Å². The Kier molecular flexibility index (Phi) is 5.40. The molecule has 0 fully saturated rings. The van der Waals surface area contributed by atoms with Crippen LogP contribution in [0, 0.1) is 13.8 Å². The minimum Gasteiger partial charge on any atom is -0.369 e. The second-order valence-electron chi connectivity index (χ2n) is 4.82. The number of hydrogen-bond acceptors (Lipinski definition) is 4. The van der Waals surface area contributed by atoms with Crippen molar-refractivity contribution >= 4 is 17.6 Å². The number of hydrogen-bond donors (Lipinski definition) is 2. The van der Waals surface area contributed by atoms with Crippen molar-refractivity contribution < 1.29 is 14.4 Å². The minimum absolute atomic E-state index is 0.0736. The van der Waals surface area contributed by atoms with Crippen LogP contribution >= 0.6 is 0 Å². The minimum atomic E-state index is -0.611. The van der Waals surface area contributed by atoms with Crippen LogP contribution in [0.25, 0.3) is 0 Å². The summed E-state index contributed by atoms with van der Waals surface area (Å²) in [5.41, 5.74) is 12.7. The van der Waals surface area contributed by atoms with Crippen molar-refractivity contribution in [3.8, 4) is 0 Å². The van der Waals surface area contributed by atoms with Gasteiger partial charge in [-0.2, -0.15) is 0 Å². The van der Waals surface area contributed by atoms with E-state index in [1.165, 1.54) is 4.90 Å². The quantitative estimate of drug-likeness (QED) is 0.671. The van der Waals surface area contributed by atoms with Gasteiger partial charge in [-0.25, -0.2) is 0 Å². The van der Waals surface area contributed by atoms with E-state index in [4.69, 9.17) is 11.5 Å². The maximum absolute atomic E-state index is 12.2. The molecule has 0 unspecified atom stereocenters. The van der Waals surface area contributed by atoms with Crippen molar-refractivity contribution in [1.29, 1.82) is 0 Å². The number of nitrogens with zero attached hydrogens (tertiary/aromatic N) is 1. The molecule has 0 aromatic heterocycles. The van der Waals surface area contributed by atoms with Crippen LogP contribution in [-0.2, 0) is 9.59 Å². The standard InChI is InChI=1S/C14H19N3O3/c1-9-3-4-11(10(2)5-9)12(18)6-17(7-13(15)19)8-14(16)20/h3-5H,6-8H2,1-2H3,(H2,15,19)(H2,16,20). The van der Waals surface area contributed by atoms with Crippen LogP contribution in [0.15, 0.2) is 18.2 Å². The maximum Gasteiger partial charge on any atom is 0.231 e. The number of primary amides is 2. The van der Waals surface area contributed by atoms with E-state index in [0.717, 1.165) is 11.1 Å². The molecule has 1 aromatic carbocycles. The highest BCUT2D eigenvalue weighted by molar-refractivity contribution is 5.99. The average Bonchev–Trinajstić information content (AvgIpc) is 2.26. The summed E-state index contributed by atoms with van der Waals surface area (Å²) in [5, 5.41) is 0. The largest absolute Gasteiger partial charge is 0.369 e. The fourth-order valence-electron chi connectivity index (χ4n) is 2.02. The zero-order valence-electron chi connectivity index (χ0n) is 11.7. The fourth-order valence-corrected chi connectivity index (χ4v) is 2.02. The average molecular weight is 277 g/mol. The van der Waals surface area contributed by atoms with Gasteiger partial charge in [-0.05, 0) is 19.4 Å². The van der Waals surface area contributed by atoms with Gasteiger partial charge < -0.3 is 11.5 Å². The van der Waals surface area contributed by atoms with Crippen molar-refractivity contribution in [3.05, 3.63) is 34.9 Å². The maximum atomic E-state index is 12.2. The van der Waals surface area contributed by atoms with Crippen LogP contribution in [0.4, 0.5) is 0 Å². The number of nitrogens with two attached hydrogens (primary N) is 2. The Hall–Kier alpha value is -2.21. The molecule has 0 saturated carbocycles. The Balaban J connectivity index is 2.84. The molecule has 20 heavy (non-hydrogen) atoms. The number of carbonyl (C=O) groups excluding carboxylic acids is 3. The van der Waals surface area contributed by atoms with E-state index in [-0.39, 0.29) is 25.4 Å². The van der Waals surface area contributed by atoms with E-state index in [1.54, 1.807) is 6.07 Å². The molecule has 0 aliphatic rings. The van der Waals surface area contributed by atoms with Crippen molar-refractivity contribution in [2.75, 3.05) is 19.6 Å². The van der Waals surface area contributed by atoms with Crippen molar-refractivity contribution in [3.63, 3.8) is 0 Å². The molecular weight excluding hydrogens is 258 g/mol. The van der Waals surface area contributed by atoms with Crippen LogP contribution in [-0.4, -0.2) is 42.1 Å². The molecule has 0 spiro atoms. The summed E-state index contributed by atoms with van der Waals surface area (Å²) >= 11 is 0. The molecule has 2 amide bonds. The number of rotatable bonds is 7. The van der Waals surface area contributed by atoms with E-state index in [9.17, 15) is 14.4 Å². The van der Waals surface area contributed by atoms with Crippen LogP contribution < -0.4 is 11.5 Å². The van der Waals surface area contributed by atoms with Gasteiger partial charge in [-0.1, -0.05) is 23.8 Å². The molecule has 0 atom stereocenters. The van der Waals surface area contributed by atoms with Crippen molar-refractivity contribution in [1.82, 2.24) is 4.90 Å². The third-order valence-electron chi connectivity index (χ3n) is 2.81. The van der Waals surface area contributed by atoms with E-state index in [0.29, 0.717) is 5.56 Å². The number of aryl methyl sites for hydroxylation is 2. The number of benzene rings is 1. The SMILES string of the molecule is Cc1ccc(C(=O)CN(CC(N)=O)CC(N)=O)c(C)c1. The lowest BCUT2D eigenvalue weighted by Crippen LogP contribution is -2.42. The molecule has 1 aromatic rings. The first-order valence-electron chi connectivity index (χ1n) is 6.19. The van der Waals surface area contributed by atoms with Gasteiger partial charge in [-0.3, -0.25) is 19.3 Å². The molecule has 0 heterocycles. The summed E-state index contributed by atoms with van der Waals surface area (Å²) in [6.45, 7) is 3.34. The number of amides is 2. The van der Waals surface area contributed by atoms with Gasteiger partial charge in [0.1, 0.15) is 0 Å². The van der Waals surface area contributed by atoms with Gasteiger partial charge in [-0.15, -0.1) is 0 Å². The number of ketones is 1. The third-order valence-corrected chi connectivity index (χ3v) is 2.81. The van der Waals surface area contributed by atoms with Crippen molar-refractivity contribution in [2.45, 2.75) is 13.8 Å². The zero-order chi connectivity index (χ0) is 15.3. The lowest BCUT2D eigenvalue weighted by Gasteiger charge is -2.18. The van der Waals surface area contributed by atoms with Gasteiger partial charge in [0.15, 0.2) is 5.78 Å². The van der Waals surface area contributed by atoms with E-state index in [1.807, 2.05) is 26.0 Å². The molecular formula is C14H19N3O3. The number of carbonyl (C=O) groups is 3. The monoisotopic (exact) mass is 277 g/mol. The molecule has 0 aliphatic carbocycles. The Morgan fingerprint density at radius 2 is 1.55 bits per heavy atom. The van der Waals surface area contributed by atoms with E-state index >= 15 is 0 Å². The fraction of sp³-hybridized carbons (Fsp3) is 0.357. The zero-order valence-corrected chi connectivity index (χ0v) is 11.7. The predicted molar refractivity (Wildman–Crippen MR) is 75.1 cm³/mol. The smallest absolute Gasteiger partial charge is 0.231 e. The van der Waals surface area contributed by atoms with Gasteiger partial charge in [0.25, 0.3) is 0 Å². The van der Waals surface area contributed by atoms with E-state index in [2.05, 4.69) is 0 Å².